The van der Waals surface area contributed by atoms with E-state index in [-0.39, 0.29) is 60.6 Å². The zero-order chi connectivity index (χ0) is 23.8. The molecule has 3 saturated carbocycles. The zero-order valence-corrected chi connectivity index (χ0v) is 19.5. The molecule has 4 rings (SSSR count). The van der Waals surface area contributed by atoms with Crippen molar-refractivity contribution in [3.8, 4) is 0 Å². The predicted octanol–water partition coefficient (Wildman–Crippen LogP) is 3.54. The van der Waals surface area contributed by atoms with Gasteiger partial charge in [-0.25, -0.2) is 0 Å². The highest BCUT2D eigenvalue weighted by atomic mass is 19.4. The first-order chi connectivity index (χ1) is 15.6. The fourth-order valence-electron chi connectivity index (χ4n) is 6.88. The van der Waals surface area contributed by atoms with E-state index < -0.39 is 12.1 Å². The topological polar surface area (TPSA) is 108 Å². The molecule has 188 valence electrons. The van der Waals surface area contributed by atoms with Crippen LogP contribution in [-0.4, -0.2) is 53.5 Å². The first kappa shape index (κ1) is 24.8. The van der Waals surface area contributed by atoms with Crippen molar-refractivity contribution in [2.24, 2.45) is 35.1 Å². The van der Waals surface area contributed by atoms with Gasteiger partial charge >= 0.3 is 6.18 Å². The molecule has 3 aliphatic carbocycles. The van der Waals surface area contributed by atoms with Gasteiger partial charge in [-0.2, -0.15) is 13.2 Å². The molecule has 1 heterocycles. The molecule has 9 heteroatoms. The Morgan fingerprint density at radius 3 is 2.24 bits per heavy atom. The van der Waals surface area contributed by atoms with Crippen LogP contribution in [0.15, 0.2) is 0 Å². The summed E-state index contributed by atoms with van der Waals surface area (Å²) in [4.78, 5) is 15.7. The smallest absolute Gasteiger partial charge is 0.387 e. The minimum absolute atomic E-state index is 0.0383. The van der Waals surface area contributed by atoms with E-state index in [1.807, 2.05) is 0 Å². The summed E-state index contributed by atoms with van der Waals surface area (Å²) in [5.74, 6) is -0.297. The molecule has 0 spiro atoms. The molecule has 1 amide bonds. The number of amidine groups is 1. The van der Waals surface area contributed by atoms with Crippen molar-refractivity contribution in [2.75, 3.05) is 6.54 Å². The molecule has 33 heavy (non-hydrogen) atoms. The molecule has 6 nitrogen and oxygen atoms in total. The molecular formula is C24H40F3N5O. The van der Waals surface area contributed by atoms with E-state index in [1.165, 1.54) is 0 Å². The van der Waals surface area contributed by atoms with Crippen molar-refractivity contribution in [2.45, 2.75) is 107 Å². The molecule has 4 aliphatic rings. The quantitative estimate of drug-likeness (QED) is 0.363. The Kier molecular flexibility index (Phi) is 7.58. The first-order valence-electron chi connectivity index (χ1n) is 12.8. The highest BCUT2D eigenvalue weighted by Gasteiger charge is 2.49. The van der Waals surface area contributed by atoms with Crippen molar-refractivity contribution >= 4 is 11.7 Å². The zero-order valence-electron chi connectivity index (χ0n) is 19.5. The molecule has 6 N–H and O–H groups in total. The highest BCUT2D eigenvalue weighted by Crippen LogP contribution is 2.45. The largest absolute Gasteiger partial charge is 0.391 e. The number of halogens is 3. The van der Waals surface area contributed by atoms with Crippen LogP contribution in [0.4, 0.5) is 13.2 Å². The summed E-state index contributed by atoms with van der Waals surface area (Å²) in [6.45, 7) is 0.671. The van der Waals surface area contributed by atoms with Crippen molar-refractivity contribution in [3.63, 3.8) is 0 Å². The van der Waals surface area contributed by atoms with Crippen LogP contribution in [0.1, 0.15) is 77.0 Å². The maximum absolute atomic E-state index is 13.4. The third-order valence-electron chi connectivity index (χ3n) is 8.95. The van der Waals surface area contributed by atoms with Crippen molar-refractivity contribution in [1.82, 2.24) is 10.2 Å². The number of nitrogens with two attached hydrogens (primary N) is 2. The van der Waals surface area contributed by atoms with Gasteiger partial charge in [-0.15, -0.1) is 0 Å². The maximum Gasteiger partial charge on any atom is 0.391 e. The number of rotatable bonds is 5. The van der Waals surface area contributed by atoms with Crippen LogP contribution in [0.3, 0.4) is 0 Å². The Morgan fingerprint density at radius 2 is 1.64 bits per heavy atom. The fraction of sp³-hybridized carbons (Fsp3) is 0.917. The molecule has 0 bridgehead atoms. The Balaban J connectivity index is 1.43. The number of nitrogens with zero attached hydrogens (tertiary/aromatic N) is 1. The second-order valence-electron chi connectivity index (χ2n) is 11.1. The number of hydrogen-bond acceptors (Lipinski definition) is 4. The van der Waals surface area contributed by atoms with E-state index in [4.69, 9.17) is 16.9 Å². The van der Waals surface area contributed by atoms with Gasteiger partial charge in [0.15, 0.2) is 0 Å². The fourth-order valence-corrected chi connectivity index (χ4v) is 6.88. The third-order valence-corrected chi connectivity index (χ3v) is 8.95. The Labute approximate surface area is 194 Å². The standard InChI is InChI=1S/C24H40F3N5O/c25-24(26,27)17-5-1-14(2-6-17)13-32-20-12-16(22(29)30)4-3-15(20)11-21(32)23(33)31-19-9-7-18(28)8-10-19/h14-21H,1-13,28H2,(H3,29,30)(H,31,33). The number of alkyl halides is 3. The molecule has 4 unspecified atom stereocenters. The van der Waals surface area contributed by atoms with Gasteiger partial charge in [0, 0.05) is 30.6 Å². The summed E-state index contributed by atoms with van der Waals surface area (Å²) < 4.78 is 39.4. The minimum atomic E-state index is -4.10. The molecule has 1 saturated heterocycles. The average Bonchev–Trinajstić information content (AvgIpc) is 3.13. The molecule has 4 atom stereocenters. The summed E-state index contributed by atoms with van der Waals surface area (Å²) in [5, 5.41) is 11.2. The lowest BCUT2D eigenvalue weighted by Gasteiger charge is -2.40. The van der Waals surface area contributed by atoms with Crippen LogP contribution in [0.25, 0.3) is 0 Å². The number of carbonyl (C=O) groups is 1. The average molecular weight is 472 g/mol. The molecule has 0 aromatic heterocycles. The van der Waals surface area contributed by atoms with Gasteiger partial charge < -0.3 is 16.8 Å². The van der Waals surface area contributed by atoms with Gasteiger partial charge in [0.1, 0.15) is 0 Å². The Bertz CT molecular complexity index is 701. The summed E-state index contributed by atoms with van der Waals surface area (Å²) in [5.41, 5.74) is 11.8. The second kappa shape index (κ2) is 10.1. The number of amides is 1. The number of nitrogens with one attached hydrogen (secondary N) is 2. The van der Waals surface area contributed by atoms with Crippen LogP contribution in [0, 0.1) is 29.1 Å². The molecule has 0 radical (unpaired) electrons. The number of carbonyl (C=O) groups excluding carboxylic acids is 1. The number of likely N-dealkylation sites (tertiary alicyclic amines) is 1. The SMILES string of the molecule is N=C(N)C1CCC2CC(C(=O)NC3CCC(N)CC3)N(CC3CCC(C(F)(F)F)CC3)C2C1. The van der Waals surface area contributed by atoms with Crippen LogP contribution < -0.4 is 16.8 Å². The van der Waals surface area contributed by atoms with Crippen molar-refractivity contribution in [3.05, 3.63) is 0 Å². The van der Waals surface area contributed by atoms with Crippen LogP contribution in [0.5, 0.6) is 0 Å². The van der Waals surface area contributed by atoms with Crippen molar-refractivity contribution < 1.29 is 18.0 Å². The van der Waals surface area contributed by atoms with Crippen LogP contribution >= 0.6 is 0 Å². The van der Waals surface area contributed by atoms with Crippen LogP contribution in [-0.2, 0) is 4.79 Å². The van der Waals surface area contributed by atoms with E-state index in [0.29, 0.717) is 25.3 Å². The van der Waals surface area contributed by atoms with E-state index in [0.717, 1.165) is 51.4 Å². The van der Waals surface area contributed by atoms with E-state index in [1.54, 1.807) is 0 Å². The lowest BCUT2D eigenvalue weighted by molar-refractivity contribution is -0.184. The third kappa shape index (κ3) is 5.84. The predicted molar refractivity (Wildman–Crippen MR) is 122 cm³/mol. The summed E-state index contributed by atoms with van der Waals surface area (Å²) in [7, 11) is 0. The molecule has 0 aromatic rings. The van der Waals surface area contributed by atoms with Crippen molar-refractivity contribution in [1.29, 1.82) is 5.41 Å². The van der Waals surface area contributed by atoms with Gasteiger partial charge in [0.25, 0.3) is 0 Å². The van der Waals surface area contributed by atoms with E-state index in [9.17, 15) is 18.0 Å². The lowest BCUT2D eigenvalue weighted by atomic mass is 9.77. The summed E-state index contributed by atoms with van der Waals surface area (Å²) in [6.07, 6.45) is 4.45. The van der Waals surface area contributed by atoms with Gasteiger partial charge in [0.2, 0.25) is 5.91 Å². The normalized spacial score (nSPS) is 40.2. The molecule has 0 aromatic carbocycles. The minimum Gasteiger partial charge on any atom is -0.387 e. The van der Waals surface area contributed by atoms with Crippen LogP contribution in [0.2, 0.25) is 0 Å². The first-order valence-corrected chi connectivity index (χ1v) is 12.8. The van der Waals surface area contributed by atoms with E-state index >= 15 is 0 Å². The lowest BCUT2D eigenvalue weighted by Crippen LogP contribution is -2.52. The monoisotopic (exact) mass is 471 g/mol. The molecular weight excluding hydrogens is 431 g/mol. The number of hydrogen-bond donors (Lipinski definition) is 4. The Hall–Kier alpha value is -1.35. The maximum atomic E-state index is 13.4. The van der Waals surface area contributed by atoms with Gasteiger partial charge in [-0.1, -0.05) is 0 Å². The molecule has 1 aliphatic heterocycles. The van der Waals surface area contributed by atoms with Gasteiger partial charge in [-0.3, -0.25) is 15.1 Å². The summed E-state index contributed by atoms with van der Waals surface area (Å²) in [6, 6.07) is 0.332. The van der Waals surface area contributed by atoms with Gasteiger partial charge in [0.05, 0.1) is 17.8 Å². The van der Waals surface area contributed by atoms with E-state index in [2.05, 4.69) is 10.2 Å². The van der Waals surface area contributed by atoms with Gasteiger partial charge in [-0.05, 0) is 88.9 Å². The number of fused-ring (bicyclic) bond motifs is 1. The molecule has 4 fully saturated rings. The summed E-state index contributed by atoms with van der Waals surface area (Å²) >= 11 is 0. The Morgan fingerprint density at radius 1 is 0.970 bits per heavy atom. The second-order valence-corrected chi connectivity index (χ2v) is 11.1. The highest BCUT2D eigenvalue weighted by molar-refractivity contribution is 5.83.